The molecule has 0 spiro atoms. The van der Waals surface area contributed by atoms with Crippen LogP contribution in [0.3, 0.4) is 0 Å². The first kappa shape index (κ1) is 18.5. The summed E-state index contributed by atoms with van der Waals surface area (Å²) in [4.78, 5) is 6.88. The lowest BCUT2D eigenvalue weighted by Crippen LogP contribution is -2.38. The van der Waals surface area contributed by atoms with E-state index in [9.17, 15) is 0 Å². The summed E-state index contributed by atoms with van der Waals surface area (Å²) in [6.07, 6.45) is 10.1. The zero-order valence-corrected chi connectivity index (χ0v) is 16.3. The van der Waals surface area contributed by atoms with Gasteiger partial charge in [0, 0.05) is 31.3 Å². The van der Waals surface area contributed by atoms with Crippen LogP contribution in [0.5, 0.6) is 5.75 Å². The van der Waals surface area contributed by atoms with Crippen LogP contribution in [0.2, 0.25) is 0 Å². The van der Waals surface area contributed by atoms with Gasteiger partial charge in [0.15, 0.2) is 0 Å². The standard InChI is InChI=1S/C23H30N2O2/c1-26-21-14-20(15-24-16-21)17-25-12-11-23(18-25,22-8-5-13-27-22)10-9-19-6-3-2-4-7-19/h2-4,6-7,14-16,22H,5,8-13,17-18H2,1H3. The number of pyridine rings is 1. The van der Waals surface area contributed by atoms with Crippen LogP contribution in [0.25, 0.3) is 0 Å². The number of aromatic nitrogens is 1. The van der Waals surface area contributed by atoms with Crippen molar-refractivity contribution >= 4 is 0 Å². The molecular formula is C23H30N2O2. The molecule has 4 rings (SSSR count). The molecule has 0 saturated carbocycles. The molecule has 144 valence electrons. The number of likely N-dealkylation sites (tertiary alicyclic amines) is 1. The van der Waals surface area contributed by atoms with Crippen LogP contribution in [0, 0.1) is 5.41 Å². The lowest BCUT2D eigenvalue weighted by atomic mass is 9.75. The molecular weight excluding hydrogens is 336 g/mol. The molecule has 0 N–H and O–H groups in total. The lowest BCUT2D eigenvalue weighted by molar-refractivity contribution is -0.00181. The Labute approximate surface area is 162 Å². The van der Waals surface area contributed by atoms with Gasteiger partial charge in [0.05, 0.1) is 19.4 Å². The van der Waals surface area contributed by atoms with Gasteiger partial charge in [-0.2, -0.15) is 0 Å². The summed E-state index contributed by atoms with van der Waals surface area (Å²) < 4.78 is 11.5. The first-order valence-corrected chi connectivity index (χ1v) is 10.1. The molecule has 2 aliphatic rings. The molecule has 4 nitrogen and oxygen atoms in total. The predicted octanol–water partition coefficient (Wildman–Crippen LogP) is 4.09. The minimum atomic E-state index is 0.276. The Hall–Kier alpha value is -1.91. The van der Waals surface area contributed by atoms with Crippen molar-refractivity contribution < 1.29 is 9.47 Å². The van der Waals surface area contributed by atoms with E-state index in [2.05, 4.69) is 46.3 Å². The van der Waals surface area contributed by atoms with E-state index in [0.29, 0.717) is 6.10 Å². The molecule has 0 radical (unpaired) electrons. The van der Waals surface area contributed by atoms with Gasteiger partial charge in [0.2, 0.25) is 0 Å². The minimum Gasteiger partial charge on any atom is -0.495 e. The maximum atomic E-state index is 6.20. The van der Waals surface area contributed by atoms with Gasteiger partial charge in [-0.05, 0) is 55.8 Å². The normalized spacial score (nSPS) is 25.7. The molecule has 2 aromatic rings. The first-order chi connectivity index (χ1) is 13.3. The van der Waals surface area contributed by atoms with Crippen LogP contribution in [0.15, 0.2) is 48.8 Å². The summed E-state index contributed by atoms with van der Waals surface area (Å²) in [5.74, 6) is 0.834. The van der Waals surface area contributed by atoms with E-state index in [1.165, 1.54) is 36.8 Å². The molecule has 0 aliphatic carbocycles. The lowest BCUT2D eigenvalue weighted by Gasteiger charge is -2.35. The Kier molecular flexibility index (Phi) is 5.74. The van der Waals surface area contributed by atoms with Crippen LogP contribution in [-0.2, 0) is 17.7 Å². The average Bonchev–Trinajstić information content (AvgIpc) is 3.38. The van der Waals surface area contributed by atoms with Crippen molar-refractivity contribution in [1.82, 2.24) is 9.88 Å². The number of ether oxygens (including phenoxy) is 2. The summed E-state index contributed by atoms with van der Waals surface area (Å²) >= 11 is 0. The molecule has 2 unspecified atom stereocenters. The Morgan fingerprint density at radius 3 is 2.89 bits per heavy atom. The summed E-state index contributed by atoms with van der Waals surface area (Å²) in [7, 11) is 1.70. The molecule has 2 fully saturated rings. The molecule has 3 heterocycles. The SMILES string of the molecule is COc1cncc(CN2CCC(CCc3ccccc3)(C3CCCO3)C2)c1. The topological polar surface area (TPSA) is 34.6 Å². The third kappa shape index (κ3) is 4.33. The van der Waals surface area contributed by atoms with Gasteiger partial charge in [-0.25, -0.2) is 0 Å². The first-order valence-electron chi connectivity index (χ1n) is 10.1. The van der Waals surface area contributed by atoms with E-state index >= 15 is 0 Å². The molecule has 0 amide bonds. The summed E-state index contributed by atoms with van der Waals surface area (Å²) in [5, 5.41) is 0. The number of hydrogen-bond acceptors (Lipinski definition) is 4. The Bertz CT molecular complexity index is 730. The predicted molar refractivity (Wildman–Crippen MR) is 107 cm³/mol. The third-order valence-corrected chi connectivity index (χ3v) is 6.24. The van der Waals surface area contributed by atoms with Crippen LogP contribution in [0.1, 0.15) is 36.8 Å². The quantitative estimate of drug-likeness (QED) is 0.739. The zero-order chi connectivity index (χ0) is 18.5. The average molecular weight is 367 g/mol. The molecule has 27 heavy (non-hydrogen) atoms. The van der Waals surface area contributed by atoms with E-state index in [0.717, 1.165) is 38.4 Å². The van der Waals surface area contributed by atoms with Gasteiger partial charge < -0.3 is 9.47 Å². The molecule has 2 aliphatic heterocycles. The van der Waals surface area contributed by atoms with Crippen molar-refractivity contribution in [2.75, 3.05) is 26.8 Å². The van der Waals surface area contributed by atoms with Gasteiger partial charge in [-0.15, -0.1) is 0 Å². The number of methoxy groups -OCH3 is 1. The highest BCUT2D eigenvalue weighted by Gasteiger charge is 2.45. The monoisotopic (exact) mass is 366 g/mol. The van der Waals surface area contributed by atoms with E-state index in [4.69, 9.17) is 9.47 Å². The maximum Gasteiger partial charge on any atom is 0.137 e. The number of rotatable bonds is 7. The second-order valence-corrected chi connectivity index (χ2v) is 8.04. The van der Waals surface area contributed by atoms with E-state index in [-0.39, 0.29) is 5.41 Å². The van der Waals surface area contributed by atoms with Gasteiger partial charge in [0.1, 0.15) is 5.75 Å². The fourth-order valence-corrected chi connectivity index (χ4v) is 4.77. The molecule has 2 saturated heterocycles. The molecule has 1 aromatic heterocycles. The second kappa shape index (κ2) is 8.41. The smallest absolute Gasteiger partial charge is 0.137 e. The third-order valence-electron chi connectivity index (χ3n) is 6.24. The van der Waals surface area contributed by atoms with Gasteiger partial charge in [0.25, 0.3) is 0 Å². The Balaban J connectivity index is 1.45. The fourth-order valence-electron chi connectivity index (χ4n) is 4.77. The number of benzene rings is 1. The summed E-state index contributed by atoms with van der Waals surface area (Å²) in [5.41, 5.74) is 2.93. The minimum absolute atomic E-state index is 0.276. The van der Waals surface area contributed by atoms with Gasteiger partial charge in [-0.3, -0.25) is 9.88 Å². The number of aryl methyl sites for hydroxylation is 1. The Morgan fingerprint density at radius 1 is 1.22 bits per heavy atom. The van der Waals surface area contributed by atoms with Crippen molar-refractivity contribution in [3.63, 3.8) is 0 Å². The highest BCUT2D eigenvalue weighted by atomic mass is 16.5. The zero-order valence-electron chi connectivity index (χ0n) is 16.3. The van der Waals surface area contributed by atoms with E-state index in [1.807, 2.05) is 6.20 Å². The number of nitrogens with zero attached hydrogens (tertiary/aromatic N) is 2. The van der Waals surface area contributed by atoms with Crippen LogP contribution in [-0.4, -0.2) is 42.8 Å². The van der Waals surface area contributed by atoms with Crippen molar-refractivity contribution in [1.29, 1.82) is 0 Å². The molecule has 1 aromatic carbocycles. The summed E-state index contributed by atoms with van der Waals surface area (Å²) in [6.45, 7) is 4.11. The van der Waals surface area contributed by atoms with E-state index in [1.54, 1.807) is 13.3 Å². The highest BCUT2D eigenvalue weighted by molar-refractivity contribution is 5.23. The fraction of sp³-hybridized carbons (Fsp3) is 0.522. The van der Waals surface area contributed by atoms with Crippen molar-refractivity contribution in [3.8, 4) is 5.75 Å². The molecule has 4 heteroatoms. The van der Waals surface area contributed by atoms with Crippen LogP contribution < -0.4 is 4.74 Å². The highest BCUT2D eigenvalue weighted by Crippen LogP contribution is 2.44. The van der Waals surface area contributed by atoms with Crippen molar-refractivity contribution in [2.24, 2.45) is 5.41 Å². The van der Waals surface area contributed by atoms with Gasteiger partial charge in [-0.1, -0.05) is 30.3 Å². The number of hydrogen-bond donors (Lipinski definition) is 0. The second-order valence-electron chi connectivity index (χ2n) is 8.04. The molecule has 0 bridgehead atoms. The van der Waals surface area contributed by atoms with E-state index < -0.39 is 0 Å². The van der Waals surface area contributed by atoms with Crippen molar-refractivity contribution in [2.45, 2.75) is 44.8 Å². The Morgan fingerprint density at radius 2 is 2.11 bits per heavy atom. The largest absolute Gasteiger partial charge is 0.495 e. The van der Waals surface area contributed by atoms with Crippen LogP contribution >= 0.6 is 0 Å². The summed E-state index contributed by atoms with van der Waals surface area (Å²) in [6, 6.07) is 13.0. The molecule has 2 atom stereocenters. The van der Waals surface area contributed by atoms with Crippen molar-refractivity contribution in [3.05, 3.63) is 59.9 Å². The van der Waals surface area contributed by atoms with Gasteiger partial charge >= 0.3 is 0 Å². The van der Waals surface area contributed by atoms with Crippen LogP contribution in [0.4, 0.5) is 0 Å². The maximum absolute atomic E-state index is 6.20.